The van der Waals surface area contributed by atoms with Gasteiger partial charge in [-0.05, 0) is 67.3 Å². The summed E-state index contributed by atoms with van der Waals surface area (Å²) in [5, 5.41) is 7.10. The number of carbonyl (C=O) groups is 1. The highest BCUT2D eigenvalue weighted by Gasteiger charge is 2.29. The maximum absolute atomic E-state index is 12.1. The first kappa shape index (κ1) is 23.2. The van der Waals surface area contributed by atoms with Crippen LogP contribution < -0.4 is 10.6 Å². The molecule has 2 N–H and O–H groups in total. The van der Waals surface area contributed by atoms with E-state index in [1.807, 2.05) is 54.4 Å². The summed E-state index contributed by atoms with van der Waals surface area (Å²) in [5.41, 5.74) is 2.24. The van der Waals surface area contributed by atoms with Crippen LogP contribution in [0, 0.1) is 5.92 Å². The number of aryl methyl sites for hydroxylation is 1. The maximum atomic E-state index is 12.1. The van der Waals surface area contributed by atoms with E-state index in [-0.39, 0.29) is 5.92 Å². The number of nitrogens with zero attached hydrogens (tertiary/aromatic N) is 6. The van der Waals surface area contributed by atoms with E-state index >= 15 is 0 Å². The molecular formula is C25H28N8OS. The number of ketones is 1. The number of hydrogen-bond donors (Lipinski definition) is 2. The van der Waals surface area contributed by atoms with Crippen molar-refractivity contribution in [2.45, 2.75) is 49.2 Å². The van der Waals surface area contributed by atoms with Crippen LogP contribution in [-0.2, 0) is 17.8 Å². The molecule has 3 heterocycles. The van der Waals surface area contributed by atoms with Crippen molar-refractivity contribution in [1.29, 1.82) is 0 Å². The van der Waals surface area contributed by atoms with E-state index in [1.54, 1.807) is 6.20 Å². The van der Waals surface area contributed by atoms with Gasteiger partial charge in [-0.25, -0.2) is 4.98 Å². The minimum absolute atomic E-state index is 0.286. The molecule has 180 valence electrons. The fourth-order valence-corrected chi connectivity index (χ4v) is 4.42. The molecule has 1 aromatic carbocycles. The quantitative estimate of drug-likeness (QED) is 0.390. The number of aromatic nitrogens is 5. The SMILES string of the molecule is CC1=CC(Nc2nc(NCCCn3ccnc3)nc(Sc3ccc(CC(=O)C4CC4)cc3)n2)=NC1. The second-order valence-corrected chi connectivity index (χ2v) is 9.87. The van der Waals surface area contributed by atoms with E-state index < -0.39 is 0 Å². The van der Waals surface area contributed by atoms with Crippen molar-refractivity contribution >= 4 is 35.3 Å². The van der Waals surface area contributed by atoms with Crippen LogP contribution >= 0.6 is 11.8 Å². The number of carbonyl (C=O) groups excluding carboxylic acids is 1. The molecule has 1 aliphatic carbocycles. The van der Waals surface area contributed by atoms with Crippen LogP contribution in [-0.4, -0.2) is 49.2 Å². The Hall–Kier alpha value is -3.53. The zero-order chi connectivity index (χ0) is 24.0. The molecule has 2 aromatic heterocycles. The van der Waals surface area contributed by atoms with Gasteiger partial charge in [-0.2, -0.15) is 15.0 Å². The molecule has 0 radical (unpaired) electrons. The van der Waals surface area contributed by atoms with Gasteiger partial charge < -0.3 is 15.2 Å². The molecule has 2 aliphatic rings. The molecule has 0 atom stereocenters. The fourth-order valence-electron chi connectivity index (χ4n) is 3.67. The maximum Gasteiger partial charge on any atom is 0.234 e. The Bertz CT molecular complexity index is 1230. The van der Waals surface area contributed by atoms with Crippen LogP contribution in [0.3, 0.4) is 0 Å². The number of hydrogen-bond acceptors (Lipinski definition) is 9. The highest BCUT2D eigenvalue weighted by Crippen LogP contribution is 2.31. The minimum atomic E-state index is 0.286. The van der Waals surface area contributed by atoms with Gasteiger partial charge >= 0.3 is 0 Å². The summed E-state index contributed by atoms with van der Waals surface area (Å²) >= 11 is 1.46. The summed E-state index contributed by atoms with van der Waals surface area (Å²) in [6.45, 7) is 4.31. The number of Topliss-reactive ketones (excluding diaryl/α,β-unsaturated/α-hetero) is 1. The Morgan fingerprint density at radius 1 is 1.14 bits per heavy atom. The van der Waals surface area contributed by atoms with E-state index in [1.165, 1.54) is 17.3 Å². The lowest BCUT2D eigenvalue weighted by Gasteiger charge is -2.10. The largest absolute Gasteiger partial charge is 0.354 e. The predicted octanol–water partition coefficient (Wildman–Crippen LogP) is 4.01. The number of rotatable bonds is 11. The van der Waals surface area contributed by atoms with Gasteiger partial charge in [-0.1, -0.05) is 12.1 Å². The highest BCUT2D eigenvalue weighted by atomic mass is 32.2. The van der Waals surface area contributed by atoms with Gasteiger partial charge in [-0.15, -0.1) is 0 Å². The third-order valence-corrected chi connectivity index (χ3v) is 6.59. The molecule has 1 aliphatic heterocycles. The summed E-state index contributed by atoms with van der Waals surface area (Å²) in [7, 11) is 0. The van der Waals surface area contributed by atoms with Gasteiger partial charge in [0.15, 0.2) is 5.16 Å². The predicted molar refractivity (Wildman–Crippen MR) is 137 cm³/mol. The Labute approximate surface area is 208 Å². The summed E-state index contributed by atoms with van der Waals surface area (Å²) in [6.07, 6.45) is 11.0. The van der Waals surface area contributed by atoms with Crippen LogP contribution in [0.2, 0.25) is 0 Å². The fraction of sp³-hybridized carbons (Fsp3) is 0.360. The van der Waals surface area contributed by atoms with Gasteiger partial charge in [0.1, 0.15) is 11.6 Å². The second-order valence-electron chi connectivity index (χ2n) is 8.83. The molecule has 1 fully saturated rings. The van der Waals surface area contributed by atoms with Crippen molar-refractivity contribution in [2.24, 2.45) is 10.9 Å². The average Bonchev–Trinajstić information content (AvgIpc) is 3.43. The Morgan fingerprint density at radius 2 is 1.97 bits per heavy atom. The smallest absolute Gasteiger partial charge is 0.234 e. The lowest BCUT2D eigenvalue weighted by Crippen LogP contribution is -2.14. The van der Waals surface area contributed by atoms with Crippen LogP contribution in [0.25, 0.3) is 0 Å². The Kier molecular flexibility index (Phi) is 7.17. The lowest BCUT2D eigenvalue weighted by atomic mass is 10.1. The molecule has 5 rings (SSSR count). The first-order valence-electron chi connectivity index (χ1n) is 11.8. The van der Waals surface area contributed by atoms with Gasteiger partial charge in [-0.3, -0.25) is 9.79 Å². The number of imidazole rings is 1. The van der Waals surface area contributed by atoms with Gasteiger partial charge in [0, 0.05) is 42.7 Å². The molecule has 10 heteroatoms. The van der Waals surface area contributed by atoms with Crippen molar-refractivity contribution in [3.05, 3.63) is 60.2 Å². The summed E-state index contributed by atoms with van der Waals surface area (Å²) in [6, 6.07) is 8.06. The monoisotopic (exact) mass is 488 g/mol. The average molecular weight is 489 g/mol. The van der Waals surface area contributed by atoms with Crippen molar-refractivity contribution in [3.63, 3.8) is 0 Å². The summed E-state index contributed by atoms with van der Waals surface area (Å²) in [5.74, 6) is 2.36. The van der Waals surface area contributed by atoms with Crippen LogP contribution in [0.1, 0.15) is 31.7 Å². The van der Waals surface area contributed by atoms with E-state index in [0.717, 1.165) is 48.6 Å². The normalized spacial score (nSPS) is 15.0. The minimum Gasteiger partial charge on any atom is -0.354 e. The highest BCUT2D eigenvalue weighted by molar-refractivity contribution is 7.99. The third-order valence-electron chi connectivity index (χ3n) is 5.72. The lowest BCUT2D eigenvalue weighted by molar-refractivity contribution is -0.119. The molecule has 0 saturated heterocycles. The van der Waals surface area contributed by atoms with Crippen LogP contribution in [0.4, 0.5) is 11.9 Å². The van der Waals surface area contributed by atoms with Crippen molar-refractivity contribution < 1.29 is 4.79 Å². The zero-order valence-electron chi connectivity index (χ0n) is 19.6. The van der Waals surface area contributed by atoms with E-state index in [4.69, 9.17) is 0 Å². The van der Waals surface area contributed by atoms with Gasteiger partial charge in [0.25, 0.3) is 0 Å². The first-order chi connectivity index (χ1) is 17.1. The second kappa shape index (κ2) is 10.8. The van der Waals surface area contributed by atoms with Crippen molar-refractivity contribution in [1.82, 2.24) is 24.5 Å². The van der Waals surface area contributed by atoms with E-state index in [2.05, 4.69) is 35.6 Å². The number of amidine groups is 1. The van der Waals surface area contributed by atoms with E-state index in [0.29, 0.717) is 35.8 Å². The van der Waals surface area contributed by atoms with Gasteiger partial charge in [0.2, 0.25) is 11.9 Å². The molecule has 0 amide bonds. The number of aliphatic imine (C=N–C) groups is 1. The van der Waals surface area contributed by atoms with Crippen LogP contribution in [0.15, 0.2) is 69.7 Å². The molecule has 9 nitrogen and oxygen atoms in total. The topological polar surface area (TPSA) is 110 Å². The third kappa shape index (κ3) is 6.75. The number of nitrogens with one attached hydrogen (secondary N) is 2. The zero-order valence-corrected chi connectivity index (χ0v) is 20.5. The standard InChI is InChI=1S/C25H28N8OS/c1-17-13-22(28-15-17)29-24-30-23(27-9-2-11-33-12-10-26-16-33)31-25(32-24)35-20-7-3-18(4-8-20)14-21(34)19-5-6-19/h3-4,7-8,10,12-13,16,19H,2,5-6,9,11,14-15H2,1H3,(H2,27,28,29,30,31,32). The number of benzene rings is 1. The number of anilines is 2. The van der Waals surface area contributed by atoms with E-state index in [9.17, 15) is 4.79 Å². The Morgan fingerprint density at radius 3 is 2.69 bits per heavy atom. The first-order valence-corrected chi connectivity index (χ1v) is 12.7. The summed E-state index contributed by atoms with van der Waals surface area (Å²) < 4.78 is 2.04. The van der Waals surface area contributed by atoms with Crippen LogP contribution in [0.5, 0.6) is 0 Å². The molecule has 3 aromatic rings. The van der Waals surface area contributed by atoms with Crippen molar-refractivity contribution in [3.8, 4) is 0 Å². The molecule has 0 bridgehead atoms. The molecule has 35 heavy (non-hydrogen) atoms. The molecule has 0 unspecified atom stereocenters. The van der Waals surface area contributed by atoms with Crippen molar-refractivity contribution in [2.75, 3.05) is 23.7 Å². The molecule has 1 saturated carbocycles. The molecule has 0 spiro atoms. The Balaban J connectivity index is 1.26. The summed E-state index contributed by atoms with van der Waals surface area (Å²) in [4.78, 5) is 35.4. The van der Waals surface area contributed by atoms with Gasteiger partial charge in [0.05, 0.1) is 12.9 Å². The molecular weight excluding hydrogens is 460 g/mol.